The number of rotatable bonds is 2. The summed E-state index contributed by atoms with van der Waals surface area (Å²) in [6, 6.07) is 5.23. The standard InChI is InChI=1S/C12H14N2O3/c1-2-14-11(10(13)12(14)15)7-3-4-8-9(5-7)17-6-16-8/h3-5,10-11H,2,6,13H2,1H3/t10-,11-/m0/s1. The zero-order valence-corrected chi connectivity index (χ0v) is 9.55. The number of benzene rings is 1. The van der Waals surface area contributed by atoms with Gasteiger partial charge in [0, 0.05) is 6.54 Å². The number of carbonyl (C=O) groups excluding carboxylic acids is 1. The largest absolute Gasteiger partial charge is 0.454 e. The highest BCUT2D eigenvalue weighted by Gasteiger charge is 2.44. The van der Waals surface area contributed by atoms with Gasteiger partial charge >= 0.3 is 0 Å². The molecule has 0 aliphatic carbocycles. The normalized spacial score (nSPS) is 26.0. The van der Waals surface area contributed by atoms with E-state index < -0.39 is 6.04 Å². The van der Waals surface area contributed by atoms with Gasteiger partial charge in [-0.15, -0.1) is 0 Å². The van der Waals surface area contributed by atoms with E-state index in [-0.39, 0.29) is 18.7 Å². The third kappa shape index (κ3) is 1.39. The van der Waals surface area contributed by atoms with Crippen LogP contribution < -0.4 is 15.2 Å². The molecule has 2 aliphatic rings. The number of fused-ring (bicyclic) bond motifs is 1. The van der Waals surface area contributed by atoms with Gasteiger partial charge in [0.25, 0.3) is 0 Å². The topological polar surface area (TPSA) is 64.8 Å². The molecule has 1 fully saturated rings. The molecule has 2 aliphatic heterocycles. The van der Waals surface area contributed by atoms with Crippen molar-refractivity contribution >= 4 is 5.91 Å². The number of carbonyl (C=O) groups is 1. The van der Waals surface area contributed by atoms with Crippen LogP contribution in [0.1, 0.15) is 18.5 Å². The van der Waals surface area contributed by atoms with Crippen molar-refractivity contribution in [2.75, 3.05) is 13.3 Å². The molecule has 17 heavy (non-hydrogen) atoms. The minimum atomic E-state index is -0.435. The zero-order valence-electron chi connectivity index (χ0n) is 9.55. The van der Waals surface area contributed by atoms with E-state index in [1.54, 1.807) is 4.90 Å². The van der Waals surface area contributed by atoms with Gasteiger partial charge in [-0.25, -0.2) is 0 Å². The molecule has 0 bridgehead atoms. The lowest BCUT2D eigenvalue weighted by Crippen LogP contribution is -2.62. The highest BCUT2D eigenvalue weighted by atomic mass is 16.7. The van der Waals surface area contributed by atoms with Crippen molar-refractivity contribution in [3.05, 3.63) is 23.8 Å². The SMILES string of the molecule is CCN1C(=O)[C@@H](N)[C@@H]1c1ccc2c(c1)OCO2. The Kier molecular flexibility index (Phi) is 2.22. The molecule has 0 unspecified atom stereocenters. The highest BCUT2D eigenvalue weighted by molar-refractivity contribution is 5.89. The summed E-state index contributed by atoms with van der Waals surface area (Å²) in [5.41, 5.74) is 6.85. The van der Waals surface area contributed by atoms with Gasteiger partial charge in [-0.2, -0.15) is 0 Å². The fourth-order valence-corrected chi connectivity index (χ4v) is 2.41. The molecule has 2 N–H and O–H groups in total. The van der Waals surface area contributed by atoms with Crippen molar-refractivity contribution in [3.8, 4) is 11.5 Å². The van der Waals surface area contributed by atoms with Crippen molar-refractivity contribution in [1.29, 1.82) is 0 Å². The summed E-state index contributed by atoms with van der Waals surface area (Å²) in [5.74, 6) is 1.48. The molecule has 0 saturated carbocycles. The van der Waals surface area contributed by atoms with Crippen molar-refractivity contribution in [2.24, 2.45) is 5.73 Å². The molecule has 3 rings (SSSR count). The van der Waals surface area contributed by atoms with Crippen LogP contribution in [0, 0.1) is 0 Å². The van der Waals surface area contributed by atoms with E-state index in [1.807, 2.05) is 25.1 Å². The predicted molar refractivity (Wildman–Crippen MR) is 60.7 cm³/mol. The van der Waals surface area contributed by atoms with Crippen molar-refractivity contribution in [3.63, 3.8) is 0 Å². The summed E-state index contributed by atoms with van der Waals surface area (Å²) in [6.45, 7) is 2.88. The minimum absolute atomic E-state index is 0.00941. The van der Waals surface area contributed by atoms with Crippen LogP contribution >= 0.6 is 0 Å². The first-order chi connectivity index (χ1) is 8.22. The van der Waals surface area contributed by atoms with Crippen LogP contribution in [0.4, 0.5) is 0 Å². The van der Waals surface area contributed by atoms with Crippen LogP contribution in [0.3, 0.4) is 0 Å². The third-order valence-corrected chi connectivity index (χ3v) is 3.32. The number of ether oxygens (including phenoxy) is 2. The van der Waals surface area contributed by atoms with Crippen LogP contribution in [-0.4, -0.2) is 30.2 Å². The van der Waals surface area contributed by atoms with Crippen molar-refractivity contribution in [2.45, 2.75) is 19.0 Å². The third-order valence-electron chi connectivity index (χ3n) is 3.32. The summed E-state index contributed by atoms with van der Waals surface area (Å²) in [7, 11) is 0. The highest BCUT2D eigenvalue weighted by Crippen LogP contribution is 2.39. The van der Waals surface area contributed by atoms with Gasteiger partial charge in [-0.05, 0) is 24.6 Å². The van der Waals surface area contributed by atoms with E-state index in [0.29, 0.717) is 6.54 Å². The smallest absolute Gasteiger partial charge is 0.242 e. The van der Waals surface area contributed by atoms with Gasteiger partial charge in [-0.1, -0.05) is 6.07 Å². The maximum Gasteiger partial charge on any atom is 0.242 e. The molecule has 2 atom stereocenters. The predicted octanol–water partition coefficient (Wildman–Crippen LogP) is 0.646. The summed E-state index contributed by atoms with van der Waals surface area (Å²) in [4.78, 5) is 13.3. The number of amides is 1. The molecule has 1 saturated heterocycles. The number of hydrogen-bond acceptors (Lipinski definition) is 4. The minimum Gasteiger partial charge on any atom is -0.454 e. The van der Waals surface area contributed by atoms with Gasteiger partial charge in [0.2, 0.25) is 12.7 Å². The first-order valence-electron chi connectivity index (χ1n) is 5.68. The quantitative estimate of drug-likeness (QED) is 0.763. The molecule has 5 nitrogen and oxygen atoms in total. The average molecular weight is 234 g/mol. The van der Waals surface area contributed by atoms with Gasteiger partial charge in [-0.3, -0.25) is 4.79 Å². The Morgan fingerprint density at radius 3 is 2.94 bits per heavy atom. The molecule has 90 valence electrons. The lowest BCUT2D eigenvalue weighted by atomic mass is 9.89. The van der Waals surface area contributed by atoms with E-state index >= 15 is 0 Å². The summed E-state index contributed by atoms with van der Waals surface area (Å²) in [5, 5.41) is 0. The molecule has 1 aromatic rings. The van der Waals surface area contributed by atoms with Crippen LogP contribution in [0.15, 0.2) is 18.2 Å². The summed E-state index contributed by atoms with van der Waals surface area (Å²) < 4.78 is 10.6. The fourth-order valence-electron chi connectivity index (χ4n) is 2.41. The molecule has 0 spiro atoms. The van der Waals surface area contributed by atoms with Gasteiger partial charge < -0.3 is 20.1 Å². The lowest BCUT2D eigenvalue weighted by Gasteiger charge is -2.45. The summed E-state index contributed by atoms with van der Waals surface area (Å²) in [6.07, 6.45) is 0. The Morgan fingerprint density at radius 1 is 1.41 bits per heavy atom. The molecular weight excluding hydrogens is 220 g/mol. The molecular formula is C12H14N2O3. The molecule has 0 aromatic heterocycles. The molecule has 5 heteroatoms. The maximum atomic E-state index is 11.6. The molecule has 1 aromatic carbocycles. The van der Waals surface area contributed by atoms with Crippen LogP contribution in [-0.2, 0) is 4.79 Å². The van der Waals surface area contributed by atoms with E-state index in [2.05, 4.69) is 0 Å². The maximum absolute atomic E-state index is 11.6. The van der Waals surface area contributed by atoms with E-state index in [4.69, 9.17) is 15.2 Å². The Labute approximate surface area is 99.1 Å². The molecule has 1 amide bonds. The van der Waals surface area contributed by atoms with Gasteiger partial charge in [0.1, 0.15) is 6.04 Å². The van der Waals surface area contributed by atoms with E-state index in [1.165, 1.54) is 0 Å². The Balaban J connectivity index is 1.92. The van der Waals surface area contributed by atoms with Crippen molar-refractivity contribution < 1.29 is 14.3 Å². The second-order valence-corrected chi connectivity index (χ2v) is 4.21. The average Bonchev–Trinajstić information content (AvgIpc) is 2.81. The number of nitrogens with two attached hydrogens (primary N) is 1. The summed E-state index contributed by atoms with van der Waals surface area (Å²) >= 11 is 0. The van der Waals surface area contributed by atoms with E-state index in [9.17, 15) is 4.79 Å². The van der Waals surface area contributed by atoms with Crippen LogP contribution in [0.25, 0.3) is 0 Å². The second-order valence-electron chi connectivity index (χ2n) is 4.21. The van der Waals surface area contributed by atoms with Crippen molar-refractivity contribution in [1.82, 2.24) is 4.90 Å². The zero-order chi connectivity index (χ0) is 12.0. The lowest BCUT2D eigenvalue weighted by molar-refractivity contribution is -0.149. The second kappa shape index (κ2) is 3.63. The number of β-lactam (4-membered cyclic amide) rings is 1. The van der Waals surface area contributed by atoms with E-state index in [0.717, 1.165) is 17.1 Å². The van der Waals surface area contributed by atoms with Crippen LogP contribution in [0.2, 0.25) is 0 Å². The van der Waals surface area contributed by atoms with Crippen LogP contribution in [0.5, 0.6) is 11.5 Å². The molecule has 0 radical (unpaired) electrons. The number of likely N-dealkylation sites (N-methyl/N-ethyl adjacent to an activating group) is 1. The number of nitrogens with zero attached hydrogens (tertiary/aromatic N) is 1. The Morgan fingerprint density at radius 2 is 2.18 bits per heavy atom. The molecule has 2 heterocycles. The van der Waals surface area contributed by atoms with Gasteiger partial charge in [0.05, 0.1) is 6.04 Å². The number of hydrogen-bond donors (Lipinski definition) is 1. The Bertz CT molecular complexity index is 475. The first kappa shape index (κ1) is 10.4. The first-order valence-corrected chi connectivity index (χ1v) is 5.68. The van der Waals surface area contributed by atoms with Gasteiger partial charge in [0.15, 0.2) is 11.5 Å². The monoisotopic (exact) mass is 234 g/mol. The Hall–Kier alpha value is -1.75. The number of likely N-dealkylation sites (tertiary alicyclic amines) is 1. The fraction of sp³-hybridized carbons (Fsp3) is 0.417.